The van der Waals surface area contributed by atoms with Crippen LogP contribution in [0.15, 0.2) is 29.5 Å². The normalized spacial score (nSPS) is 15.0. The summed E-state index contributed by atoms with van der Waals surface area (Å²) in [4.78, 5) is 23.0. The molecule has 0 aliphatic carbocycles. The second-order valence-corrected chi connectivity index (χ2v) is 7.27. The van der Waals surface area contributed by atoms with Crippen molar-refractivity contribution in [2.45, 2.75) is 46.1 Å². The Kier molecular flexibility index (Phi) is 9.67. The van der Waals surface area contributed by atoms with E-state index < -0.39 is 0 Å². The monoisotopic (exact) mass is 528 g/mol. The number of pyridine rings is 1. The van der Waals surface area contributed by atoms with Crippen LogP contribution in [-0.4, -0.2) is 65.2 Å². The van der Waals surface area contributed by atoms with Crippen LogP contribution in [-0.2, 0) is 11.2 Å². The predicted octanol–water partition coefficient (Wildman–Crippen LogP) is 2.98. The average Bonchev–Trinajstić information content (AvgIpc) is 3.13. The van der Waals surface area contributed by atoms with E-state index in [1.165, 1.54) is 5.56 Å². The molecule has 2 N–H and O–H groups in total. The van der Waals surface area contributed by atoms with Gasteiger partial charge < -0.3 is 24.7 Å². The fraction of sp³-hybridized carbons (Fsp3) is 0.571. The Bertz CT molecular complexity index is 845. The molecule has 1 aliphatic rings. The third kappa shape index (κ3) is 6.48. The van der Waals surface area contributed by atoms with E-state index in [9.17, 15) is 4.79 Å². The Morgan fingerprint density at radius 1 is 1.33 bits per heavy atom. The van der Waals surface area contributed by atoms with Gasteiger partial charge in [-0.3, -0.25) is 4.99 Å². The number of amides is 1. The maximum Gasteiger partial charge on any atom is 0.409 e. The number of rotatable bonds is 6. The molecule has 3 rings (SSSR count). The summed E-state index contributed by atoms with van der Waals surface area (Å²) in [5.41, 5.74) is 3.22. The molecule has 1 fully saturated rings. The maximum absolute atomic E-state index is 11.8. The summed E-state index contributed by atoms with van der Waals surface area (Å²) in [6.45, 7) is 9.27. The Labute approximate surface area is 195 Å². The first-order chi connectivity index (χ1) is 14.1. The van der Waals surface area contributed by atoms with Crippen molar-refractivity contribution >= 4 is 41.7 Å². The Balaban J connectivity index is 0.00000320. The SMILES string of the molecule is CCNC(=NCCc1cn2cccc(C)c2n1)NC1CCN(C(=O)OCC)CC1.I. The maximum atomic E-state index is 11.8. The number of hydrogen-bond acceptors (Lipinski definition) is 4. The number of carbonyl (C=O) groups is 1. The van der Waals surface area contributed by atoms with E-state index in [4.69, 9.17) is 14.7 Å². The number of halogens is 1. The fourth-order valence-corrected chi connectivity index (χ4v) is 3.54. The molecule has 0 radical (unpaired) electrons. The molecular weight excluding hydrogens is 495 g/mol. The largest absolute Gasteiger partial charge is 0.450 e. The molecule has 0 atom stereocenters. The van der Waals surface area contributed by atoms with Gasteiger partial charge in [-0.1, -0.05) is 6.07 Å². The summed E-state index contributed by atoms with van der Waals surface area (Å²) in [6.07, 6.45) is 6.44. The second kappa shape index (κ2) is 12.0. The summed E-state index contributed by atoms with van der Waals surface area (Å²) in [5, 5.41) is 6.82. The lowest BCUT2D eigenvalue weighted by atomic mass is 10.1. The van der Waals surface area contributed by atoms with Gasteiger partial charge in [-0.2, -0.15) is 0 Å². The minimum Gasteiger partial charge on any atom is -0.450 e. The van der Waals surface area contributed by atoms with Crippen LogP contribution in [0, 0.1) is 6.92 Å². The first-order valence-electron chi connectivity index (χ1n) is 10.5. The number of aliphatic imine (C=N–C) groups is 1. The lowest BCUT2D eigenvalue weighted by Crippen LogP contribution is -2.50. The molecule has 0 unspecified atom stereocenters. The number of carbonyl (C=O) groups excluding carboxylic acids is 1. The first kappa shape index (κ1) is 24.2. The molecule has 3 heterocycles. The molecule has 1 amide bonds. The molecule has 2 aromatic rings. The zero-order chi connectivity index (χ0) is 20.6. The second-order valence-electron chi connectivity index (χ2n) is 7.27. The average molecular weight is 528 g/mol. The highest BCUT2D eigenvalue weighted by Gasteiger charge is 2.24. The Morgan fingerprint density at radius 3 is 2.77 bits per heavy atom. The highest BCUT2D eigenvalue weighted by Crippen LogP contribution is 2.12. The van der Waals surface area contributed by atoms with Crippen molar-refractivity contribution in [2.24, 2.45) is 4.99 Å². The van der Waals surface area contributed by atoms with Gasteiger partial charge in [0.15, 0.2) is 5.96 Å². The number of ether oxygens (including phenoxy) is 1. The van der Waals surface area contributed by atoms with E-state index in [1.54, 1.807) is 4.90 Å². The lowest BCUT2D eigenvalue weighted by Gasteiger charge is -2.32. The van der Waals surface area contributed by atoms with Crippen molar-refractivity contribution in [3.8, 4) is 0 Å². The standard InChI is InChI=1S/C21H32N6O2.HI/c1-4-22-20(25-17-9-13-26(14-10-17)21(28)29-5-2)23-11-8-18-15-27-12-6-7-16(3)19(27)24-18;/h6-7,12,15,17H,4-5,8-11,13-14H2,1-3H3,(H2,22,23,25);1H. The van der Waals surface area contributed by atoms with Gasteiger partial charge in [-0.15, -0.1) is 24.0 Å². The van der Waals surface area contributed by atoms with Crippen LogP contribution in [0.1, 0.15) is 37.9 Å². The summed E-state index contributed by atoms with van der Waals surface area (Å²) in [5.74, 6) is 0.821. The summed E-state index contributed by atoms with van der Waals surface area (Å²) < 4.78 is 7.15. The lowest BCUT2D eigenvalue weighted by molar-refractivity contribution is 0.0963. The predicted molar refractivity (Wildman–Crippen MR) is 130 cm³/mol. The number of aromatic nitrogens is 2. The van der Waals surface area contributed by atoms with Crippen LogP contribution < -0.4 is 10.6 Å². The van der Waals surface area contributed by atoms with Crippen molar-refractivity contribution in [3.63, 3.8) is 0 Å². The van der Waals surface area contributed by atoms with Crippen molar-refractivity contribution in [1.82, 2.24) is 24.9 Å². The van der Waals surface area contributed by atoms with Crippen molar-refractivity contribution in [2.75, 3.05) is 32.8 Å². The number of hydrogen-bond donors (Lipinski definition) is 2. The molecular formula is C21H33IN6O2. The molecule has 8 nitrogen and oxygen atoms in total. The molecule has 1 saturated heterocycles. The summed E-state index contributed by atoms with van der Waals surface area (Å²) in [7, 11) is 0. The minimum absolute atomic E-state index is 0. The smallest absolute Gasteiger partial charge is 0.409 e. The highest BCUT2D eigenvalue weighted by molar-refractivity contribution is 14.0. The van der Waals surface area contributed by atoms with Gasteiger partial charge >= 0.3 is 6.09 Å². The summed E-state index contributed by atoms with van der Waals surface area (Å²) in [6, 6.07) is 4.41. The summed E-state index contributed by atoms with van der Waals surface area (Å²) >= 11 is 0. The van der Waals surface area contributed by atoms with Gasteiger partial charge in [0.05, 0.1) is 12.3 Å². The van der Waals surface area contributed by atoms with Crippen LogP contribution in [0.25, 0.3) is 5.65 Å². The van der Waals surface area contributed by atoms with Crippen LogP contribution in [0.5, 0.6) is 0 Å². The molecule has 166 valence electrons. The molecule has 9 heteroatoms. The van der Waals surface area contributed by atoms with Crippen molar-refractivity contribution in [3.05, 3.63) is 35.8 Å². The van der Waals surface area contributed by atoms with E-state index in [0.29, 0.717) is 32.3 Å². The molecule has 0 bridgehead atoms. The molecule has 0 saturated carbocycles. The zero-order valence-corrected chi connectivity index (χ0v) is 20.4. The zero-order valence-electron chi connectivity index (χ0n) is 18.1. The van der Waals surface area contributed by atoms with Gasteiger partial charge in [0.1, 0.15) is 5.65 Å². The van der Waals surface area contributed by atoms with Crippen LogP contribution in [0.3, 0.4) is 0 Å². The third-order valence-electron chi connectivity index (χ3n) is 5.07. The fourth-order valence-electron chi connectivity index (χ4n) is 3.54. The topological polar surface area (TPSA) is 83.3 Å². The van der Waals surface area contributed by atoms with Crippen LogP contribution in [0.2, 0.25) is 0 Å². The number of likely N-dealkylation sites (tertiary alicyclic amines) is 1. The van der Waals surface area contributed by atoms with E-state index in [0.717, 1.165) is 43.1 Å². The number of imidazole rings is 1. The molecule has 1 aliphatic heterocycles. The highest BCUT2D eigenvalue weighted by atomic mass is 127. The van der Waals surface area contributed by atoms with Gasteiger partial charge in [0.2, 0.25) is 0 Å². The third-order valence-corrected chi connectivity index (χ3v) is 5.07. The van der Waals surface area contributed by atoms with Gasteiger partial charge in [-0.25, -0.2) is 9.78 Å². The number of nitrogens with one attached hydrogen (secondary N) is 2. The van der Waals surface area contributed by atoms with E-state index in [-0.39, 0.29) is 30.1 Å². The first-order valence-corrected chi connectivity index (χ1v) is 10.5. The molecule has 30 heavy (non-hydrogen) atoms. The van der Waals surface area contributed by atoms with E-state index >= 15 is 0 Å². The number of aryl methyl sites for hydroxylation is 1. The minimum atomic E-state index is -0.214. The molecule has 2 aromatic heterocycles. The van der Waals surface area contributed by atoms with Gasteiger partial charge in [-0.05, 0) is 45.2 Å². The van der Waals surface area contributed by atoms with Crippen LogP contribution >= 0.6 is 24.0 Å². The number of fused-ring (bicyclic) bond motifs is 1. The quantitative estimate of drug-likeness (QED) is 0.342. The van der Waals surface area contributed by atoms with E-state index in [1.807, 2.05) is 19.2 Å². The number of guanidine groups is 1. The van der Waals surface area contributed by atoms with Gasteiger partial charge in [0.25, 0.3) is 0 Å². The molecule has 0 aromatic carbocycles. The molecule has 0 spiro atoms. The van der Waals surface area contributed by atoms with Gasteiger partial charge in [0, 0.05) is 51.0 Å². The van der Waals surface area contributed by atoms with Crippen molar-refractivity contribution < 1.29 is 9.53 Å². The number of nitrogens with zero attached hydrogens (tertiary/aromatic N) is 4. The number of piperidine rings is 1. The van der Waals surface area contributed by atoms with Crippen molar-refractivity contribution in [1.29, 1.82) is 0 Å². The van der Waals surface area contributed by atoms with Crippen LogP contribution in [0.4, 0.5) is 4.79 Å². The Hall–Kier alpha value is -2.04. The van der Waals surface area contributed by atoms with E-state index in [2.05, 4.69) is 41.1 Å². The Morgan fingerprint density at radius 2 is 2.10 bits per heavy atom.